The first-order valence-electron chi connectivity index (χ1n) is 29.3. The molecule has 77 heavy (non-hydrogen) atoms. The molecule has 0 radical (unpaired) electrons. The van der Waals surface area contributed by atoms with E-state index < -0.39 is 0 Å². The van der Waals surface area contributed by atoms with Gasteiger partial charge in [-0.2, -0.15) is 0 Å². The molecule has 0 heteroatoms. The van der Waals surface area contributed by atoms with Gasteiger partial charge in [-0.1, -0.05) is 273 Å². The van der Waals surface area contributed by atoms with E-state index in [1.165, 1.54) is 117 Å². The Morgan fingerprint density at radius 3 is 0.286 bits per heavy atom. The number of hydrogen-bond acceptors (Lipinski definition) is 0. The molecule has 0 fully saturated rings. The number of hydrogen-bond donors (Lipinski definition) is 0. The second-order valence-electron chi connectivity index (χ2n) is 31.3. The van der Waals surface area contributed by atoms with Crippen LogP contribution in [0.25, 0.3) is 0 Å². The van der Waals surface area contributed by atoms with Crippen LogP contribution in [0.3, 0.4) is 0 Å². The van der Waals surface area contributed by atoms with Gasteiger partial charge >= 0.3 is 0 Å². The number of fused-ring (bicyclic) bond motifs is 14. The lowest BCUT2D eigenvalue weighted by Gasteiger charge is -2.25. The van der Waals surface area contributed by atoms with E-state index in [2.05, 4.69) is 273 Å². The number of rotatable bonds is 0. The lowest BCUT2D eigenvalue weighted by molar-refractivity contribution is 0.587. The van der Waals surface area contributed by atoms with Crippen molar-refractivity contribution in [2.24, 2.45) is 0 Å². The molecule has 0 heterocycles. The fraction of sp³-hybridized carbons (Fsp3) is 0.455. The first-order valence-corrected chi connectivity index (χ1v) is 29.3. The molecular formula is C77H98. The summed E-state index contributed by atoms with van der Waals surface area (Å²) < 4.78 is 0. The Kier molecular flexibility index (Phi) is 15.7. The van der Waals surface area contributed by atoms with Crippen molar-refractivity contribution in [2.75, 3.05) is 0 Å². The molecule has 0 unspecified atom stereocenters. The van der Waals surface area contributed by atoms with Gasteiger partial charge in [0.25, 0.3) is 0 Å². The average molecular weight is 1020 g/mol. The summed E-state index contributed by atoms with van der Waals surface area (Å²) in [6, 6.07) is 52.7. The zero-order valence-corrected chi connectivity index (χ0v) is 52.1. The van der Waals surface area contributed by atoms with Gasteiger partial charge in [-0.05, 0) is 200 Å². The summed E-state index contributed by atoms with van der Waals surface area (Å²) in [5.41, 5.74) is 29.4. The zero-order valence-electron chi connectivity index (χ0n) is 52.1. The summed E-state index contributed by atoms with van der Waals surface area (Å²) in [6.45, 7) is 49.9. The first-order chi connectivity index (χ1) is 35.4. The van der Waals surface area contributed by atoms with Crippen LogP contribution >= 0.6 is 0 Å². The Morgan fingerprint density at radius 2 is 0.221 bits per heavy atom. The van der Waals surface area contributed by atoms with Crippen LogP contribution < -0.4 is 0 Å². The molecule has 14 bridgehead atoms. The van der Waals surface area contributed by atoms with E-state index in [9.17, 15) is 0 Å². The van der Waals surface area contributed by atoms with Crippen LogP contribution in [0.15, 0.2) is 127 Å². The molecule has 0 spiro atoms. The molecule has 7 aromatic rings. The standard InChI is InChI=1S/C77H98/c1-71(2,3)64-36-50-22-51(37-64)30-53-24-55(41-66(39-53)73(7,8)9)32-57-26-59(45-68(43-57)75(13,14)15)34-61-28-63(49-70(47-61)77(19,20)21)35-62-27-60(46-69(48-62)76(16,17)18)33-58-25-56(42-67(44-58)74(10,11)12)31-54-23-52(29-50)38-65(40-54)72(4,5)6/h22-28,36-49H,29-35H2,1-21H3. The van der Waals surface area contributed by atoms with E-state index in [-0.39, 0.29) is 37.9 Å². The quantitative estimate of drug-likeness (QED) is 0.142. The molecule has 0 nitrogen and oxygen atoms in total. The van der Waals surface area contributed by atoms with E-state index in [0.717, 1.165) is 44.9 Å². The Bertz CT molecular complexity index is 2510. The van der Waals surface area contributed by atoms with Crippen molar-refractivity contribution in [3.8, 4) is 0 Å². The van der Waals surface area contributed by atoms with Gasteiger partial charge in [0.15, 0.2) is 0 Å². The van der Waals surface area contributed by atoms with Crippen molar-refractivity contribution in [3.63, 3.8) is 0 Å². The normalized spacial score (nSPS) is 14.5. The third-order valence-electron chi connectivity index (χ3n) is 16.3. The van der Waals surface area contributed by atoms with Gasteiger partial charge in [0, 0.05) is 0 Å². The van der Waals surface area contributed by atoms with Gasteiger partial charge in [0.2, 0.25) is 0 Å². The molecule has 0 atom stereocenters. The molecule has 0 aromatic heterocycles. The van der Waals surface area contributed by atoms with Crippen molar-refractivity contribution in [3.05, 3.63) is 244 Å². The van der Waals surface area contributed by atoms with E-state index in [4.69, 9.17) is 0 Å². The molecule has 406 valence electrons. The highest BCUT2D eigenvalue weighted by molar-refractivity contribution is 5.49. The van der Waals surface area contributed by atoms with Crippen LogP contribution in [-0.4, -0.2) is 0 Å². The van der Waals surface area contributed by atoms with Crippen LogP contribution in [-0.2, 0) is 82.9 Å². The third kappa shape index (κ3) is 15.0. The molecular weight excluding hydrogens is 925 g/mol. The maximum atomic E-state index is 2.52. The topological polar surface area (TPSA) is 0 Å². The average Bonchev–Trinajstić information content (AvgIpc) is 3.26. The Morgan fingerprint density at radius 1 is 0.143 bits per heavy atom. The highest BCUT2D eigenvalue weighted by atomic mass is 14.3. The Balaban J connectivity index is 1.36. The van der Waals surface area contributed by atoms with Crippen molar-refractivity contribution in [1.29, 1.82) is 0 Å². The van der Waals surface area contributed by atoms with Gasteiger partial charge < -0.3 is 0 Å². The fourth-order valence-corrected chi connectivity index (χ4v) is 11.4. The predicted octanol–water partition coefficient (Wildman–Crippen LogP) is 20.2. The van der Waals surface area contributed by atoms with Crippen molar-refractivity contribution < 1.29 is 0 Å². The monoisotopic (exact) mass is 1020 g/mol. The molecule has 0 N–H and O–H groups in total. The van der Waals surface area contributed by atoms with Crippen LogP contribution in [0.2, 0.25) is 0 Å². The van der Waals surface area contributed by atoms with Crippen molar-refractivity contribution in [2.45, 2.75) is 228 Å². The van der Waals surface area contributed by atoms with Gasteiger partial charge in [-0.15, -0.1) is 0 Å². The van der Waals surface area contributed by atoms with Gasteiger partial charge in [0.05, 0.1) is 0 Å². The smallest absolute Gasteiger partial charge is 0.00254 e. The minimum Gasteiger partial charge on any atom is -0.0561 e. The molecule has 0 amide bonds. The third-order valence-corrected chi connectivity index (χ3v) is 16.3. The first kappa shape index (κ1) is 57.7. The van der Waals surface area contributed by atoms with Gasteiger partial charge in [-0.3, -0.25) is 0 Å². The second kappa shape index (κ2) is 21.0. The van der Waals surface area contributed by atoms with Crippen LogP contribution in [0.1, 0.15) is 262 Å². The largest absolute Gasteiger partial charge is 0.0561 e. The predicted molar refractivity (Wildman–Crippen MR) is 336 cm³/mol. The molecule has 1 aliphatic rings. The lowest BCUT2D eigenvalue weighted by atomic mass is 9.80. The fourth-order valence-electron chi connectivity index (χ4n) is 11.4. The highest BCUT2D eigenvalue weighted by Crippen LogP contribution is 2.36. The van der Waals surface area contributed by atoms with E-state index in [1.807, 2.05) is 0 Å². The van der Waals surface area contributed by atoms with E-state index in [0.29, 0.717) is 0 Å². The van der Waals surface area contributed by atoms with Crippen LogP contribution in [0.5, 0.6) is 0 Å². The zero-order chi connectivity index (χ0) is 56.4. The molecule has 1 aliphatic carbocycles. The minimum atomic E-state index is 0.0109. The molecule has 0 aliphatic heterocycles. The summed E-state index contributed by atoms with van der Waals surface area (Å²) in [6.07, 6.45) is 6.28. The molecule has 7 aromatic carbocycles. The Labute approximate surface area is 470 Å². The van der Waals surface area contributed by atoms with Crippen LogP contribution in [0.4, 0.5) is 0 Å². The summed E-state index contributed by atoms with van der Waals surface area (Å²) in [4.78, 5) is 0. The highest BCUT2D eigenvalue weighted by Gasteiger charge is 2.24. The lowest BCUT2D eigenvalue weighted by Crippen LogP contribution is -2.15. The van der Waals surface area contributed by atoms with E-state index >= 15 is 0 Å². The Hall–Kier alpha value is -5.46. The van der Waals surface area contributed by atoms with Gasteiger partial charge in [-0.25, -0.2) is 0 Å². The van der Waals surface area contributed by atoms with Crippen molar-refractivity contribution >= 4 is 0 Å². The summed E-state index contributed by atoms with van der Waals surface area (Å²) in [5.74, 6) is 0. The van der Waals surface area contributed by atoms with Crippen LogP contribution in [0, 0.1) is 0 Å². The molecule has 0 saturated carbocycles. The second-order valence-corrected chi connectivity index (χ2v) is 31.3. The minimum absolute atomic E-state index is 0.0109. The summed E-state index contributed by atoms with van der Waals surface area (Å²) >= 11 is 0. The molecule has 8 rings (SSSR count). The van der Waals surface area contributed by atoms with E-state index in [1.54, 1.807) is 0 Å². The van der Waals surface area contributed by atoms with Crippen molar-refractivity contribution in [1.82, 2.24) is 0 Å². The SMILES string of the molecule is CC(C)(C)c1cc2cc(c1)Cc1cc(cc(C(C)(C)C)c1)Cc1cc(cc(C(C)(C)C)c1)Cc1cc(cc(C(C)(C)C)c1)Cc1cc(cc(C(C)(C)C)c1)Cc1cc(cc(C(C)(C)C)c1)Cc1cc(cc(C(C)(C)C)c1)C2. The summed E-state index contributed by atoms with van der Waals surface area (Å²) in [7, 11) is 0. The maximum Gasteiger partial charge on any atom is -0.00254 e. The molecule has 0 saturated heterocycles. The van der Waals surface area contributed by atoms with Gasteiger partial charge in [0.1, 0.15) is 0 Å². The summed E-state index contributed by atoms with van der Waals surface area (Å²) in [5, 5.41) is 0. The maximum absolute atomic E-state index is 2.52. The number of benzene rings is 7.